The van der Waals surface area contributed by atoms with Crippen molar-refractivity contribution in [3.8, 4) is 5.75 Å². The summed E-state index contributed by atoms with van der Waals surface area (Å²) in [4.78, 5) is 13.3. The largest absolute Gasteiger partial charge is 0.495 e. The number of nitrogens with one attached hydrogen (secondary N) is 1. The first-order valence-electron chi connectivity index (χ1n) is 12.5. The molecule has 3 aromatic carbocycles. The first-order chi connectivity index (χ1) is 18.6. The molecule has 3 aromatic rings. The van der Waals surface area contributed by atoms with Crippen molar-refractivity contribution < 1.29 is 26.4 Å². The molecule has 206 valence electrons. The molecule has 0 spiro atoms. The Bertz CT molecular complexity index is 1620. The lowest BCUT2D eigenvalue weighted by Gasteiger charge is -2.26. The number of piperidine rings is 1. The molecule has 12 heteroatoms. The van der Waals surface area contributed by atoms with E-state index in [1.54, 1.807) is 18.2 Å². The minimum atomic E-state index is -3.85. The molecule has 2 heterocycles. The van der Waals surface area contributed by atoms with E-state index in [9.17, 15) is 21.6 Å². The number of rotatable bonds is 7. The van der Waals surface area contributed by atoms with Crippen LogP contribution in [0.4, 0.5) is 11.4 Å². The van der Waals surface area contributed by atoms with Crippen LogP contribution in [0.1, 0.15) is 35.2 Å². The van der Waals surface area contributed by atoms with E-state index in [0.29, 0.717) is 35.9 Å². The minimum absolute atomic E-state index is 0.0614. The number of carbonyl (C=O) groups excluding carboxylic acids is 1. The third-order valence-electron chi connectivity index (χ3n) is 6.96. The second-order valence-electron chi connectivity index (χ2n) is 9.41. The van der Waals surface area contributed by atoms with E-state index >= 15 is 0 Å². The number of carbonyl (C=O) groups is 1. The number of methoxy groups -OCH3 is 1. The SMILES string of the molecule is COc1ccc(C(=O)Nc2ccc3c(c2)N(S(=O)(=O)c2ccc(Cl)cc2)CC3)cc1S(=O)(=O)N1CCCCC1. The summed E-state index contributed by atoms with van der Waals surface area (Å²) in [5, 5.41) is 3.21. The first-order valence-corrected chi connectivity index (χ1v) is 15.8. The fraction of sp³-hybridized carbons (Fsp3) is 0.296. The Labute approximate surface area is 233 Å². The quantitative estimate of drug-likeness (QED) is 0.433. The number of fused-ring (bicyclic) bond motifs is 1. The fourth-order valence-corrected chi connectivity index (χ4v) is 8.20. The summed E-state index contributed by atoms with van der Waals surface area (Å²) in [6.45, 7) is 1.12. The van der Waals surface area contributed by atoms with E-state index < -0.39 is 26.0 Å². The summed E-state index contributed by atoms with van der Waals surface area (Å²) in [6, 6.07) is 15.3. The van der Waals surface area contributed by atoms with E-state index in [2.05, 4.69) is 5.32 Å². The maximum Gasteiger partial charge on any atom is 0.264 e. The van der Waals surface area contributed by atoms with Gasteiger partial charge in [0.25, 0.3) is 15.9 Å². The summed E-state index contributed by atoms with van der Waals surface area (Å²) >= 11 is 5.92. The van der Waals surface area contributed by atoms with E-state index in [4.69, 9.17) is 16.3 Å². The molecule has 0 aliphatic carbocycles. The third kappa shape index (κ3) is 5.36. The van der Waals surface area contributed by atoms with Crippen LogP contribution in [-0.4, -0.2) is 53.8 Å². The maximum absolute atomic E-state index is 13.3. The van der Waals surface area contributed by atoms with Crippen molar-refractivity contribution >= 4 is 48.9 Å². The molecule has 5 rings (SSSR count). The van der Waals surface area contributed by atoms with Gasteiger partial charge in [0, 0.05) is 35.9 Å². The molecule has 2 aliphatic rings. The number of hydrogen-bond donors (Lipinski definition) is 1. The average Bonchev–Trinajstić information content (AvgIpc) is 3.37. The van der Waals surface area contributed by atoms with Crippen molar-refractivity contribution in [3.05, 3.63) is 76.8 Å². The monoisotopic (exact) mass is 589 g/mol. The number of ether oxygens (including phenoxy) is 1. The zero-order valence-electron chi connectivity index (χ0n) is 21.3. The molecule has 0 radical (unpaired) electrons. The van der Waals surface area contributed by atoms with Gasteiger partial charge in [-0.15, -0.1) is 0 Å². The highest BCUT2D eigenvalue weighted by Gasteiger charge is 2.32. The highest BCUT2D eigenvalue weighted by atomic mass is 35.5. The van der Waals surface area contributed by atoms with Crippen LogP contribution in [0.5, 0.6) is 5.75 Å². The van der Waals surface area contributed by atoms with Gasteiger partial charge in [-0.05, 0) is 79.4 Å². The van der Waals surface area contributed by atoms with Gasteiger partial charge in [-0.2, -0.15) is 4.31 Å². The van der Waals surface area contributed by atoms with Crippen LogP contribution in [0.15, 0.2) is 70.5 Å². The number of sulfonamides is 2. The van der Waals surface area contributed by atoms with E-state index in [1.807, 2.05) is 0 Å². The minimum Gasteiger partial charge on any atom is -0.495 e. The van der Waals surface area contributed by atoms with Crippen molar-refractivity contribution in [1.29, 1.82) is 0 Å². The van der Waals surface area contributed by atoms with Gasteiger partial charge in [0.2, 0.25) is 10.0 Å². The number of halogens is 1. The highest BCUT2D eigenvalue weighted by molar-refractivity contribution is 7.92. The Morgan fingerprint density at radius 2 is 1.59 bits per heavy atom. The van der Waals surface area contributed by atoms with Crippen molar-refractivity contribution in [2.45, 2.75) is 35.5 Å². The highest BCUT2D eigenvalue weighted by Crippen LogP contribution is 2.36. The predicted octanol–water partition coefficient (Wildman–Crippen LogP) is 4.53. The standard InChI is InChI=1S/C27H28ClN3O6S2/c1-37-25-12-6-20(17-26(25)39(35,36)30-14-3-2-4-15-30)27(32)29-22-9-5-19-13-16-31(24(19)18-22)38(33,34)23-10-7-21(28)8-11-23/h5-12,17-18H,2-4,13-16H2,1H3,(H,29,32). The van der Waals surface area contributed by atoms with Crippen LogP contribution >= 0.6 is 11.6 Å². The normalized spacial score (nSPS) is 16.1. The fourth-order valence-electron chi connectivity index (χ4n) is 4.88. The Balaban J connectivity index is 1.41. The summed E-state index contributed by atoms with van der Waals surface area (Å²) in [5.41, 5.74) is 1.83. The Hall–Kier alpha value is -3.12. The summed E-state index contributed by atoms with van der Waals surface area (Å²) < 4.78 is 61.3. The van der Waals surface area contributed by atoms with Gasteiger partial charge < -0.3 is 10.1 Å². The van der Waals surface area contributed by atoms with Crippen molar-refractivity contribution in [2.24, 2.45) is 0 Å². The van der Waals surface area contributed by atoms with Crippen molar-refractivity contribution in [1.82, 2.24) is 4.31 Å². The summed E-state index contributed by atoms with van der Waals surface area (Å²) in [7, 11) is -6.29. The smallest absolute Gasteiger partial charge is 0.264 e. The number of nitrogens with zero attached hydrogens (tertiary/aromatic N) is 2. The first kappa shape index (κ1) is 27.4. The van der Waals surface area contributed by atoms with Gasteiger partial charge in [-0.1, -0.05) is 24.1 Å². The lowest BCUT2D eigenvalue weighted by Crippen LogP contribution is -2.35. The van der Waals surface area contributed by atoms with Gasteiger partial charge in [0.15, 0.2) is 0 Å². The predicted molar refractivity (Wildman–Crippen MR) is 150 cm³/mol. The summed E-state index contributed by atoms with van der Waals surface area (Å²) in [5.74, 6) is -0.365. The van der Waals surface area contributed by atoms with Crippen LogP contribution in [0.2, 0.25) is 5.02 Å². The molecule has 2 aliphatic heterocycles. The average molecular weight is 590 g/mol. The molecular weight excluding hydrogens is 562 g/mol. The number of benzene rings is 3. The van der Waals surface area contributed by atoms with Crippen LogP contribution in [0.3, 0.4) is 0 Å². The number of anilines is 2. The lowest BCUT2D eigenvalue weighted by atomic mass is 10.1. The maximum atomic E-state index is 13.3. The Kier molecular flexibility index (Phi) is 7.60. The van der Waals surface area contributed by atoms with Crippen molar-refractivity contribution in [3.63, 3.8) is 0 Å². The van der Waals surface area contributed by atoms with Gasteiger partial charge in [-0.3, -0.25) is 9.10 Å². The van der Waals surface area contributed by atoms with Crippen LogP contribution < -0.4 is 14.4 Å². The molecule has 1 fully saturated rings. The second-order valence-corrected chi connectivity index (χ2v) is 13.6. The molecular formula is C27H28ClN3O6S2. The van der Waals surface area contributed by atoms with Gasteiger partial charge >= 0.3 is 0 Å². The molecule has 0 unspecified atom stereocenters. The van der Waals surface area contributed by atoms with Gasteiger partial charge in [0.1, 0.15) is 10.6 Å². The topological polar surface area (TPSA) is 113 Å². The zero-order chi connectivity index (χ0) is 27.8. The van der Waals surface area contributed by atoms with Crippen LogP contribution in [0, 0.1) is 0 Å². The van der Waals surface area contributed by atoms with Gasteiger partial charge in [-0.25, -0.2) is 16.8 Å². The van der Waals surface area contributed by atoms with Crippen LogP contribution in [-0.2, 0) is 26.5 Å². The van der Waals surface area contributed by atoms with Crippen LogP contribution in [0.25, 0.3) is 0 Å². The molecule has 0 saturated carbocycles. The Morgan fingerprint density at radius 3 is 2.28 bits per heavy atom. The molecule has 0 bridgehead atoms. The van der Waals surface area contributed by atoms with Crippen molar-refractivity contribution in [2.75, 3.05) is 36.4 Å². The molecule has 0 aromatic heterocycles. The van der Waals surface area contributed by atoms with E-state index in [-0.39, 0.29) is 27.6 Å². The molecule has 0 atom stereocenters. The summed E-state index contributed by atoms with van der Waals surface area (Å²) in [6.07, 6.45) is 3.08. The lowest BCUT2D eigenvalue weighted by molar-refractivity contribution is 0.102. The molecule has 39 heavy (non-hydrogen) atoms. The number of amides is 1. The molecule has 1 saturated heterocycles. The second kappa shape index (κ2) is 10.8. The van der Waals surface area contributed by atoms with E-state index in [0.717, 1.165) is 24.8 Å². The zero-order valence-corrected chi connectivity index (χ0v) is 23.7. The third-order valence-corrected chi connectivity index (χ3v) is 11.0. The Morgan fingerprint density at radius 1 is 0.872 bits per heavy atom. The molecule has 1 amide bonds. The van der Waals surface area contributed by atoms with Gasteiger partial charge in [0.05, 0.1) is 17.7 Å². The number of hydrogen-bond acceptors (Lipinski definition) is 6. The molecule has 1 N–H and O–H groups in total. The van der Waals surface area contributed by atoms with E-state index in [1.165, 1.54) is 58.2 Å². The molecule has 9 nitrogen and oxygen atoms in total.